The first-order valence-electron chi connectivity index (χ1n) is 8.23. The molecular formula is C19H19N3O2. The number of rotatable bonds is 1. The molecule has 5 nitrogen and oxygen atoms in total. The number of carbonyl (C=O) groups is 1. The summed E-state index contributed by atoms with van der Waals surface area (Å²) in [7, 11) is 0. The van der Waals surface area contributed by atoms with Gasteiger partial charge < -0.3 is 15.0 Å². The summed E-state index contributed by atoms with van der Waals surface area (Å²) < 4.78 is 6.10. The molecule has 0 aliphatic carbocycles. The first kappa shape index (κ1) is 14.8. The maximum Gasteiger partial charge on any atom is 0.221 e. The van der Waals surface area contributed by atoms with Gasteiger partial charge in [-0.05, 0) is 43.2 Å². The van der Waals surface area contributed by atoms with Gasteiger partial charge in [-0.2, -0.15) is 0 Å². The lowest BCUT2D eigenvalue weighted by Crippen LogP contribution is -2.28. The van der Waals surface area contributed by atoms with Gasteiger partial charge in [0.1, 0.15) is 17.3 Å². The van der Waals surface area contributed by atoms with Crippen molar-refractivity contribution in [1.29, 1.82) is 0 Å². The lowest BCUT2D eigenvalue weighted by molar-refractivity contribution is -0.114. The Bertz CT molecular complexity index is 823. The first-order chi connectivity index (χ1) is 11.7. The highest BCUT2D eigenvalue weighted by Crippen LogP contribution is 2.39. The molecule has 1 amide bonds. The van der Waals surface area contributed by atoms with E-state index in [0.717, 1.165) is 47.4 Å². The normalized spacial score (nSPS) is 15.7. The molecule has 0 saturated carbocycles. The Hall–Kier alpha value is -2.82. The van der Waals surface area contributed by atoms with Crippen LogP contribution in [0, 0.1) is 0 Å². The second-order valence-corrected chi connectivity index (χ2v) is 6.09. The number of hydrogen-bond acceptors (Lipinski definition) is 4. The molecule has 2 heterocycles. The second-order valence-electron chi connectivity index (χ2n) is 6.09. The van der Waals surface area contributed by atoms with Crippen molar-refractivity contribution >= 4 is 23.1 Å². The average molecular weight is 321 g/mol. The number of fused-ring (bicyclic) bond motifs is 2. The molecule has 1 saturated heterocycles. The summed E-state index contributed by atoms with van der Waals surface area (Å²) in [6, 6.07) is 13.5. The minimum atomic E-state index is -0.0903. The second kappa shape index (κ2) is 6.00. The van der Waals surface area contributed by atoms with Crippen LogP contribution >= 0.6 is 0 Å². The van der Waals surface area contributed by atoms with Gasteiger partial charge in [0.15, 0.2) is 5.75 Å². The van der Waals surface area contributed by atoms with Gasteiger partial charge in [0.2, 0.25) is 5.91 Å². The molecule has 0 aromatic heterocycles. The number of benzene rings is 2. The molecular weight excluding hydrogens is 302 g/mol. The number of amides is 1. The zero-order valence-corrected chi connectivity index (χ0v) is 13.6. The number of para-hydroxylation sites is 2. The molecule has 2 aromatic rings. The Kier molecular flexibility index (Phi) is 3.69. The van der Waals surface area contributed by atoms with E-state index in [2.05, 4.69) is 10.2 Å². The van der Waals surface area contributed by atoms with Gasteiger partial charge >= 0.3 is 0 Å². The number of amidine groups is 1. The van der Waals surface area contributed by atoms with Gasteiger partial charge in [-0.3, -0.25) is 4.79 Å². The lowest BCUT2D eigenvalue weighted by atomic mass is 10.1. The summed E-state index contributed by atoms with van der Waals surface area (Å²) in [5.41, 5.74) is 2.50. The van der Waals surface area contributed by atoms with Gasteiger partial charge in [0.25, 0.3) is 0 Å². The zero-order valence-electron chi connectivity index (χ0n) is 13.6. The molecule has 0 spiro atoms. The number of aliphatic imine (C=N–C) groups is 1. The summed E-state index contributed by atoms with van der Waals surface area (Å²) in [4.78, 5) is 18.6. The number of hydrogen-bond donors (Lipinski definition) is 1. The fraction of sp³-hybridized carbons (Fsp3) is 0.263. The molecule has 5 heteroatoms. The Morgan fingerprint density at radius 3 is 2.71 bits per heavy atom. The highest BCUT2D eigenvalue weighted by molar-refractivity contribution is 6.05. The molecule has 122 valence electrons. The van der Waals surface area contributed by atoms with Crippen molar-refractivity contribution in [3.63, 3.8) is 0 Å². The molecule has 0 atom stereocenters. The quantitative estimate of drug-likeness (QED) is 0.866. The largest absolute Gasteiger partial charge is 0.454 e. The van der Waals surface area contributed by atoms with Gasteiger partial charge in [-0.25, -0.2) is 4.99 Å². The Labute approximate surface area is 141 Å². The maximum atomic E-state index is 11.4. The summed E-state index contributed by atoms with van der Waals surface area (Å²) in [6.07, 6.45) is 2.34. The standard InChI is InChI=1S/C19H19N3O2/c1-13(23)20-14-8-9-17-15(12-14)19(22-10-4-5-11-22)21-16-6-2-3-7-18(16)24-17/h2-3,6-9,12H,4-5,10-11H2,1H3,(H,20,23). The van der Waals surface area contributed by atoms with E-state index in [9.17, 15) is 4.79 Å². The van der Waals surface area contributed by atoms with E-state index in [0.29, 0.717) is 0 Å². The van der Waals surface area contributed by atoms with E-state index >= 15 is 0 Å². The smallest absolute Gasteiger partial charge is 0.221 e. The van der Waals surface area contributed by atoms with E-state index in [1.54, 1.807) is 0 Å². The minimum Gasteiger partial charge on any atom is -0.454 e. The predicted molar refractivity (Wildman–Crippen MR) is 94.3 cm³/mol. The third-order valence-corrected chi connectivity index (χ3v) is 4.26. The lowest BCUT2D eigenvalue weighted by Gasteiger charge is -2.21. The molecule has 1 fully saturated rings. The van der Waals surface area contributed by atoms with E-state index in [1.807, 2.05) is 42.5 Å². The third kappa shape index (κ3) is 2.73. The van der Waals surface area contributed by atoms with Gasteiger partial charge in [0, 0.05) is 25.7 Å². The maximum absolute atomic E-state index is 11.4. The molecule has 0 unspecified atom stereocenters. The van der Waals surface area contributed by atoms with E-state index in [4.69, 9.17) is 9.73 Å². The average Bonchev–Trinajstić information content (AvgIpc) is 3.04. The van der Waals surface area contributed by atoms with E-state index in [-0.39, 0.29) is 5.91 Å². The number of ether oxygens (including phenoxy) is 1. The van der Waals surface area contributed by atoms with E-state index < -0.39 is 0 Å². The van der Waals surface area contributed by atoms with Crippen LogP contribution in [0.1, 0.15) is 25.3 Å². The summed E-state index contributed by atoms with van der Waals surface area (Å²) in [6.45, 7) is 3.49. The van der Waals surface area contributed by atoms with Crippen LogP contribution in [-0.4, -0.2) is 29.7 Å². The predicted octanol–water partition coefficient (Wildman–Crippen LogP) is 3.92. The number of carbonyl (C=O) groups excluding carboxylic acids is 1. The van der Waals surface area contributed by atoms with Gasteiger partial charge in [-0.1, -0.05) is 12.1 Å². The molecule has 2 aliphatic rings. The van der Waals surface area contributed by atoms with E-state index in [1.165, 1.54) is 19.8 Å². The van der Waals surface area contributed by atoms with Crippen LogP contribution < -0.4 is 10.1 Å². The number of anilines is 1. The molecule has 0 bridgehead atoms. The monoisotopic (exact) mass is 321 g/mol. The van der Waals surface area contributed by atoms with Crippen molar-refractivity contribution in [3.05, 3.63) is 48.0 Å². The summed E-state index contributed by atoms with van der Waals surface area (Å²) >= 11 is 0. The van der Waals surface area contributed by atoms with Crippen LogP contribution in [0.3, 0.4) is 0 Å². The topological polar surface area (TPSA) is 53.9 Å². The van der Waals surface area contributed by atoms with Crippen LogP contribution in [0.15, 0.2) is 47.5 Å². The minimum absolute atomic E-state index is 0.0903. The summed E-state index contributed by atoms with van der Waals surface area (Å²) in [5, 5.41) is 2.84. The van der Waals surface area contributed by atoms with Gasteiger partial charge in [-0.15, -0.1) is 0 Å². The van der Waals surface area contributed by atoms with Crippen LogP contribution in [0.5, 0.6) is 11.5 Å². The molecule has 2 aliphatic heterocycles. The first-order valence-corrected chi connectivity index (χ1v) is 8.23. The highest BCUT2D eigenvalue weighted by atomic mass is 16.5. The van der Waals surface area contributed by atoms with Crippen LogP contribution in [-0.2, 0) is 4.79 Å². The number of likely N-dealkylation sites (tertiary alicyclic amines) is 1. The Morgan fingerprint density at radius 1 is 1.12 bits per heavy atom. The third-order valence-electron chi connectivity index (χ3n) is 4.26. The van der Waals surface area contributed by atoms with Crippen molar-refractivity contribution in [3.8, 4) is 11.5 Å². The van der Waals surface area contributed by atoms with Crippen molar-refractivity contribution in [2.75, 3.05) is 18.4 Å². The SMILES string of the molecule is CC(=O)Nc1ccc2c(c1)C(N1CCCC1)=Nc1ccccc1O2. The van der Waals surface area contributed by atoms with Crippen molar-refractivity contribution < 1.29 is 9.53 Å². The molecule has 1 N–H and O–H groups in total. The Balaban J connectivity index is 1.85. The fourth-order valence-corrected chi connectivity index (χ4v) is 3.17. The van der Waals surface area contributed by atoms with Crippen molar-refractivity contribution in [1.82, 2.24) is 4.90 Å². The van der Waals surface area contributed by atoms with Crippen LogP contribution in [0.25, 0.3) is 0 Å². The fourth-order valence-electron chi connectivity index (χ4n) is 3.17. The molecule has 4 rings (SSSR count). The zero-order chi connectivity index (χ0) is 16.5. The molecule has 24 heavy (non-hydrogen) atoms. The van der Waals surface area contributed by atoms with Gasteiger partial charge in [0.05, 0.1) is 5.56 Å². The van der Waals surface area contributed by atoms with Crippen LogP contribution in [0.2, 0.25) is 0 Å². The van der Waals surface area contributed by atoms with Crippen molar-refractivity contribution in [2.45, 2.75) is 19.8 Å². The van der Waals surface area contributed by atoms with Crippen LogP contribution in [0.4, 0.5) is 11.4 Å². The van der Waals surface area contributed by atoms with Crippen molar-refractivity contribution in [2.24, 2.45) is 4.99 Å². The Morgan fingerprint density at radius 2 is 1.92 bits per heavy atom. The summed E-state index contributed by atoms with van der Waals surface area (Å²) in [5.74, 6) is 2.34. The highest BCUT2D eigenvalue weighted by Gasteiger charge is 2.25. The molecule has 0 radical (unpaired) electrons. The molecule has 2 aromatic carbocycles. The number of nitrogens with zero attached hydrogens (tertiary/aromatic N) is 2. The number of nitrogens with one attached hydrogen (secondary N) is 1.